The Bertz CT molecular complexity index is 319. The molecular formula is C11H13ClFNS. The topological polar surface area (TPSA) is 12.0 Å². The van der Waals surface area contributed by atoms with Gasteiger partial charge in [-0.2, -0.15) is 11.8 Å². The van der Waals surface area contributed by atoms with E-state index in [0.717, 1.165) is 11.3 Å². The van der Waals surface area contributed by atoms with Crippen molar-refractivity contribution in [3.05, 3.63) is 34.6 Å². The second kappa shape index (κ2) is 5.19. The Kier molecular flexibility index (Phi) is 3.89. The third kappa shape index (κ3) is 3.37. The van der Waals surface area contributed by atoms with Crippen molar-refractivity contribution >= 4 is 23.4 Å². The summed E-state index contributed by atoms with van der Waals surface area (Å²) in [6, 6.07) is 5.23. The maximum absolute atomic E-state index is 13.0. The van der Waals surface area contributed by atoms with Gasteiger partial charge in [0.15, 0.2) is 0 Å². The average Bonchev–Trinajstić information content (AvgIpc) is 2.65. The number of hydrogen-bond donors (Lipinski definition) is 1. The van der Waals surface area contributed by atoms with Crippen molar-refractivity contribution in [1.29, 1.82) is 0 Å². The Morgan fingerprint density at radius 2 is 2.33 bits per heavy atom. The van der Waals surface area contributed by atoms with Crippen molar-refractivity contribution in [1.82, 2.24) is 5.32 Å². The van der Waals surface area contributed by atoms with Crippen molar-refractivity contribution in [2.24, 2.45) is 0 Å². The molecule has 0 saturated carbocycles. The summed E-state index contributed by atoms with van der Waals surface area (Å²) in [5, 5.41) is 3.87. The smallest absolute Gasteiger partial charge is 0.125 e. The summed E-state index contributed by atoms with van der Waals surface area (Å²) in [6.07, 6.45) is 1.20. The maximum Gasteiger partial charge on any atom is 0.125 e. The summed E-state index contributed by atoms with van der Waals surface area (Å²) >= 11 is 7.73. The molecule has 1 fully saturated rings. The molecule has 1 N–H and O–H groups in total. The van der Waals surface area contributed by atoms with Crippen LogP contribution in [-0.2, 0) is 6.54 Å². The molecule has 1 aliphatic heterocycles. The van der Waals surface area contributed by atoms with E-state index < -0.39 is 0 Å². The molecule has 0 aliphatic carbocycles. The molecule has 1 aromatic carbocycles. The molecule has 4 heteroatoms. The van der Waals surface area contributed by atoms with Gasteiger partial charge in [-0.15, -0.1) is 0 Å². The minimum absolute atomic E-state index is 0.264. The van der Waals surface area contributed by atoms with E-state index in [2.05, 4.69) is 5.32 Å². The molecule has 0 bridgehead atoms. The monoisotopic (exact) mass is 245 g/mol. The second-order valence-corrected chi connectivity index (χ2v) is 5.31. The lowest BCUT2D eigenvalue weighted by molar-refractivity contribution is 0.554. The molecule has 82 valence electrons. The Labute approximate surface area is 98.4 Å². The second-order valence-electron chi connectivity index (χ2n) is 3.72. The van der Waals surface area contributed by atoms with Crippen LogP contribution < -0.4 is 5.32 Å². The Balaban J connectivity index is 1.92. The predicted molar refractivity (Wildman–Crippen MR) is 64.0 cm³/mol. The molecule has 1 atom stereocenters. The van der Waals surface area contributed by atoms with Crippen molar-refractivity contribution in [3.8, 4) is 0 Å². The van der Waals surface area contributed by atoms with Crippen LogP contribution in [0.25, 0.3) is 0 Å². The SMILES string of the molecule is Fc1cc(Cl)cc(CNC2CCSC2)c1. The summed E-state index contributed by atoms with van der Waals surface area (Å²) in [7, 11) is 0. The normalized spacial score (nSPS) is 20.8. The fraction of sp³-hybridized carbons (Fsp3) is 0.455. The first-order valence-corrected chi connectivity index (χ1v) is 6.53. The number of halogens is 2. The molecule has 1 nitrogen and oxygen atoms in total. The molecular weight excluding hydrogens is 233 g/mol. The van der Waals surface area contributed by atoms with E-state index in [9.17, 15) is 4.39 Å². The van der Waals surface area contributed by atoms with Gasteiger partial charge >= 0.3 is 0 Å². The molecule has 2 rings (SSSR count). The highest BCUT2D eigenvalue weighted by molar-refractivity contribution is 7.99. The van der Waals surface area contributed by atoms with E-state index in [0.29, 0.717) is 17.6 Å². The van der Waals surface area contributed by atoms with Crippen LogP contribution in [0.2, 0.25) is 5.02 Å². The molecule has 0 spiro atoms. The van der Waals surface area contributed by atoms with Crippen molar-refractivity contribution in [2.75, 3.05) is 11.5 Å². The molecule has 1 unspecified atom stereocenters. The van der Waals surface area contributed by atoms with E-state index in [4.69, 9.17) is 11.6 Å². The van der Waals surface area contributed by atoms with Gasteiger partial charge in [-0.1, -0.05) is 11.6 Å². The van der Waals surface area contributed by atoms with Crippen LogP contribution in [0.15, 0.2) is 18.2 Å². The van der Waals surface area contributed by atoms with Crippen LogP contribution in [0, 0.1) is 5.82 Å². The standard InChI is InChI=1S/C11H13ClFNS/c12-9-3-8(4-10(13)5-9)6-14-11-1-2-15-7-11/h3-5,11,14H,1-2,6-7H2. The van der Waals surface area contributed by atoms with E-state index in [1.807, 2.05) is 11.8 Å². The van der Waals surface area contributed by atoms with Gasteiger partial charge in [-0.05, 0) is 35.9 Å². The minimum atomic E-state index is -0.264. The fourth-order valence-corrected chi connectivity index (χ4v) is 3.10. The Hall–Kier alpha value is -0.250. The summed E-state index contributed by atoms with van der Waals surface area (Å²) in [5.41, 5.74) is 0.914. The molecule has 1 heterocycles. The highest BCUT2D eigenvalue weighted by Crippen LogP contribution is 2.18. The molecule has 1 aliphatic rings. The van der Waals surface area contributed by atoms with Crippen molar-refractivity contribution in [3.63, 3.8) is 0 Å². The molecule has 0 aromatic heterocycles. The lowest BCUT2D eigenvalue weighted by Crippen LogP contribution is -2.27. The van der Waals surface area contributed by atoms with Gasteiger partial charge in [0.05, 0.1) is 0 Å². The number of benzene rings is 1. The molecule has 0 amide bonds. The summed E-state index contributed by atoms with van der Waals surface area (Å²) < 4.78 is 13.0. The predicted octanol–water partition coefficient (Wildman–Crippen LogP) is 3.07. The fourth-order valence-electron chi connectivity index (χ4n) is 1.67. The van der Waals surface area contributed by atoms with Crippen molar-refractivity contribution in [2.45, 2.75) is 19.0 Å². The van der Waals surface area contributed by atoms with Gasteiger partial charge in [0.1, 0.15) is 5.82 Å². The van der Waals surface area contributed by atoms with E-state index in [1.54, 1.807) is 6.07 Å². The third-order valence-electron chi connectivity index (χ3n) is 2.45. The van der Waals surface area contributed by atoms with Crippen LogP contribution in [0.1, 0.15) is 12.0 Å². The van der Waals surface area contributed by atoms with Gasteiger partial charge in [0, 0.05) is 23.4 Å². The number of nitrogens with one attached hydrogen (secondary N) is 1. The summed E-state index contributed by atoms with van der Waals surface area (Å²) in [6.45, 7) is 0.697. The van der Waals surface area contributed by atoms with Crippen molar-refractivity contribution < 1.29 is 4.39 Å². The zero-order valence-electron chi connectivity index (χ0n) is 8.30. The van der Waals surface area contributed by atoms with Gasteiger partial charge in [0.25, 0.3) is 0 Å². The lowest BCUT2D eigenvalue weighted by Gasteiger charge is -2.11. The highest BCUT2D eigenvalue weighted by Gasteiger charge is 2.14. The van der Waals surface area contributed by atoms with Crippen LogP contribution >= 0.6 is 23.4 Å². The van der Waals surface area contributed by atoms with Crippen LogP contribution in [0.4, 0.5) is 4.39 Å². The molecule has 0 radical (unpaired) electrons. The molecule has 1 saturated heterocycles. The lowest BCUT2D eigenvalue weighted by atomic mass is 10.2. The Morgan fingerprint density at radius 1 is 1.47 bits per heavy atom. The molecule has 15 heavy (non-hydrogen) atoms. The maximum atomic E-state index is 13.0. The number of hydrogen-bond acceptors (Lipinski definition) is 2. The van der Waals surface area contributed by atoms with Gasteiger partial charge < -0.3 is 5.32 Å². The van der Waals surface area contributed by atoms with Gasteiger partial charge in [-0.3, -0.25) is 0 Å². The average molecular weight is 246 g/mol. The van der Waals surface area contributed by atoms with E-state index >= 15 is 0 Å². The Morgan fingerprint density at radius 3 is 3.00 bits per heavy atom. The van der Waals surface area contributed by atoms with Crippen LogP contribution in [0.5, 0.6) is 0 Å². The summed E-state index contributed by atoms with van der Waals surface area (Å²) in [4.78, 5) is 0. The zero-order valence-corrected chi connectivity index (χ0v) is 9.87. The largest absolute Gasteiger partial charge is 0.309 e. The van der Waals surface area contributed by atoms with E-state index in [1.165, 1.54) is 24.3 Å². The highest BCUT2D eigenvalue weighted by atomic mass is 35.5. The summed E-state index contributed by atoms with van der Waals surface area (Å²) in [5.74, 6) is 2.12. The number of rotatable bonds is 3. The van der Waals surface area contributed by atoms with Crippen LogP contribution in [-0.4, -0.2) is 17.5 Å². The first-order valence-electron chi connectivity index (χ1n) is 5.00. The number of thioether (sulfide) groups is 1. The zero-order chi connectivity index (χ0) is 10.7. The van der Waals surface area contributed by atoms with Crippen LogP contribution in [0.3, 0.4) is 0 Å². The third-order valence-corrected chi connectivity index (χ3v) is 3.83. The molecule has 1 aromatic rings. The van der Waals surface area contributed by atoms with E-state index in [-0.39, 0.29) is 5.82 Å². The first kappa shape index (κ1) is 11.2. The van der Waals surface area contributed by atoms with Gasteiger partial charge in [-0.25, -0.2) is 4.39 Å². The first-order chi connectivity index (χ1) is 7.24. The van der Waals surface area contributed by atoms with Gasteiger partial charge in [0.2, 0.25) is 0 Å². The minimum Gasteiger partial charge on any atom is -0.309 e. The quantitative estimate of drug-likeness (QED) is 0.879.